The van der Waals surface area contributed by atoms with Gasteiger partial charge < -0.3 is 10.5 Å². The lowest BCUT2D eigenvalue weighted by atomic mass is 10.2. The Morgan fingerprint density at radius 3 is 2.67 bits per heavy atom. The SMILES string of the molecule is NCc1cc(Cl)cc(Cl)c1OCc1cccc([N+](=O)[O-])c1. The Hall–Kier alpha value is -1.82. The molecule has 7 heteroatoms. The molecule has 0 heterocycles. The van der Waals surface area contributed by atoms with Crippen molar-refractivity contribution in [1.82, 2.24) is 0 Å². The van der Waals surface area contributed by atoms with E-state index in [0.717, 1.165) is 0 Å². The number of hydrogen-bond donors (Lipinski definition) is 1. The summed E-state index contributed by atoms with van der Waals surface area (Å²) in [6, 6.07) is 9.44. The van der Waals surface area contributed by atoms with E-state index in [1.165, 1.54) is 12.1 Å². The molecule has 0 aliphatic rings. The van der Waals surface area contributed by atoms with Gasteiger partial charge in [0.25, 0.3) is 5.69 Å². The number of rotatable bonds is 5. The van der Waals surface area contributed by atoms with Crippen LogP contribution in [0.5, 0.6) is 5.75 Å². The van der Waals surface area contributed by atoms with Crippen molar-refractivity contribution in [1.29, 1.82) is 0 Å². The molecule has 0 saturated heterocycles. The van der Waals surface area contributed by atoms with Gasteiger partial charge in [-0.3, -0.25) is 10.1 Å². The predicted molar refractivity (Wildman–Crippen MR) is 81.8 cm³/mol. The summed E-state index contributed by atoms with van der Waals surface area (Å²) in [4.78, 5) is 10.3. The molecule has 2 aromatic rings. The molecule has 21 heavy (non-hydrogen) atoms. The van der Waals surface area contributed by atoms with Crippen LogP contribution in [0.15, 0.2) is 36.4 Å². The third-order valence-electron chi connectivity index (χ3n) is 2.81. The normalized spacial score (nSPS) is 10.4. The van der Waals surface area contributed by atoms with E-state index in [1.807, 2.05) is 0 Å². The standard InChI is InChI=1S/C14H12Cl2N2O3/c15-11-5-10(7-17)14(13(16)6-11)21-8-9-2-1-3-12(4-9)18(19)20/h1-6H,7-8,17H2. The van der Waals surface area contributed by atoms with Crippen molar-refractivity contribution in [3.05, 3.63) is 67.7 Å². The van der Waals surface area contributed by atoms with E-state index in [0.29, 0.717) is 26.9 Å². The molecule has 2 N–H and O–H groups in total. The maximum Gasteiger partial charge on any atom is 0.269 e. The van der Waals surface area contributed by atoms with Gasteiger partial charge in [-0.15, -0.1) is 0 Å². The van der Waals surface area contributed by atoms with Gasteiger partial charge in [-0.25, -0.2) is 0 Å². The van der Waals surface area contributed by atoms with E-state index in [9.17, 15) is 10.1 Å². The highest BCUT2D eigenvalue weighted by atomic mass is 35.5. The maximum absolute atomic E-state index is 10.7. The van der Waals surface area contributed by atoms with Gasteiger partial charge in [-0.2, -0.15) is 0 Å². The molecule has 0 bridgehead atoms. The Balaban J connectivity index is 2.20. The second kappa shape index (κ2) is 6.76. The quantitative estimate of drug-likeness (QED) is 0.666. The third kappa shape index (κ3) is 3.85. The average molecular weight is 327 g/mol. The highest BCUT2D eigenvalue weighted by Crippen LogP contribution is 2.33. The van der Waals surface area contributed by atoms with Crippen LogP contribution in [0.4, 0.5) is 5.69 Å². The van der Waals surface area contributed by atoms with Crippen LogP contribution in [0, 0.1) is 10.1 Å². The number of non-ortho nitro benzene ring substituents is 1. The lowest BCUT2D eigenvalue weighted by molar-refractivity contribution is -0.384. The van der Waals surface area contributed by atoms with Gasteiger partial charge in [0.1, 0.15) is 12.4 Å². The lowest BCUT2D eigenvalue weighted by Gasteiger charge is -2.12. The van der Waals surface area contributed by atoms with Gasteiger partial charge in [-0.1, -0.05) is 35.3 Å². The Morgan fingerprint density at radius 1 is 1.24 bits per heavy atom. The Morgan fingerprint density at radius 2 is 2.00 bits per heavy atom. The summed E-state index contributed by atoms with van der Waals surface area (Å²) < 4.78 is 5.64. The number of nitrogens with two attached hydrogens (primary N) is 1. The Bertz CT molecular complexity index is 677. The molecule has 0 radical (unpaired) electrons. The van der Waals surface area contributed by atoms with Crippen LogP contribution in [0.3, 0.4) is 0 Å². The van der Waals surface area contributed by atoms with Gasteiger partial charge >= 0.3 is 0 Å². The van der Waals surface area contributed by atoms with E-state index in [4.69, 9.17) is 33.7 Å². The van der Waals surface area contributed by atoms with Crippen molar-refractivity contribution in [2.45, 2.75) is 13.2 Å². The molecular weight excluding hydrogens is 315 g/mol. The number of nitrogens with zero attached hydrogens (tertiary/aromatic N) is 1. The molecule has 0 aromatic heterocycles. The van der Waals surface area contributed by atoms with E-state index in [2.05, 4.69) is 0 Å². The fourth-order valence-electron chi connectivity index (χ4n) is 1.84. The Kier molecular flexibility index (Phi) is 5.01. The molecule has 0 fully saturated rings. The summed E-state index contributed by atoms with van der Waals surface area (Å²) in [6.45, 7) is 0.376. The van der Waals surface area contributed by atoms with Crippen molar-refractivity contribution in [3.8, 4) is 5.75 Å². The monoisotopic (exact) mass is 326 g/mol. The van der Waals surface area contributed by atoms with Crippen molar-refractivity contribution >= 4 is 28.9 Å². The summed E-state index contributed by atoms with van der Waals surface area (Å²) in [5, 5.41) is 11.6. The van der Waals surface area contributed by atoms with Crippen LogP contribution in [0.1, 0.15) is 11.1 Å². The van der Waals surface area contributed by atoms with E-state index >= 15 is 0 Å². The van der Waals surface area contributed by atoms with Crippen molar-refractivity contribution in [2.75, 3.05) is 0 Å². The molecule has 0 amide bonds. The zero-order valence-corrected chi connectivity index (χ0v) is 12.4. The zero-order chi connectivity index (χ0) is 15.4. The average Bonchev–Trinajstić information content (AvgIpc) is 2.45. The fourth-order valence-corrected chi connectivity index (χ4v) is 2.43. The predicted octanol–water partition coefficient (Wildman–Crippen LogP) is 3.94. The first-order valence-electron chi connectivity index (χ1n) is 6.05. The summed E-state index contributed by atoms with van der Waals surface area (Å²) >= 11 is 12.0. The minimum absolute atomic E-state index is 0.0114. The smallest absolute Gasteiger partial charge is 0.269 e. The second-order valence-corrected chi connectivity index (χ2v) is 5.14. The van der Waals surface area contributed by atoms with E-state index in [-0.39, 0.29) is 18.8 Å². The van der Waals surface area contributed by atoms with E-state index < -0.39 is 4.92 Å². The number of benzene rings is 2. The Labute approximate surface area is 131 Å². The number of nitro benzene ring substituents is 1. The molecular formula is C14H12Cl2N2O3. The molecule has 2 aromatic carbocycles. The topological polar surface area (TPSA) is 78.4 Å². The highest BCUT2D eigenvalue weighted by Gasteiger charge is 2.11. The first kappa shape index (κ1) is 15.6. The summed E-state index contributed by atoms with van der Waals surface area (Å²) in [7, 11) is 0. The van der Waals surface area contributed by atoms with Gasteiger partial charge in [-0.05, 0) is 17.7 Å². The van der Waals surface area contributed by atoms with Crippen LogP contribution in [0.25, 0.3) is 0 Å². The molecule has 0 spiro atoms. The first-order valence-corrected chi connectivity index (χ1v) is 6.81. The van der Waals surface area contributed by atoms with Gasteiger partial charge in [0.15, 0.2) is 0 Å². The number of hydrogen-bond acceptors (Lipinski definition) is 4. The second-order valence-electron chi connectivity index (χ2n) is 4.30. The number of halogens is 2. The van der Waals surface area contributed by atoms with Crippen molar-refractivity contribution in [3.63, 3.8) is 0 Å². The molecule has 0 unspecified atom stereocenters. The number of nitro groups is 1. The van der Waals surface area contributed by atoms with Crippen LogP contribution in [-0.2, 0) is 13.2 Å². The highest BCUT2D eigenvalue weighted by molar-refractivity contribution is 6.35. The molecule has 5 nitrogen and oxygen atoms in total. The molecule has 2 rings (SSSR count). The van der Waals surface area contributed by atoms with Crippen molar-refractivity contribution in [2.24, 2.45) is 5.73 Å². The number of ether oxygens (including phenoxy) is 1. The first-order chi connectivity index (χ1) is 10.0. The van der Waals surface area contributed by atoms with Crippen LogP contribution in [-0.4, -0.2) is 4.92 Å². The fraction of sp³-hybridized carbons (Fsp3) is 0.143. The minimum Gasteiger partial charge on any atom is -0.487 e. The maximum atomic E-state index is 10.7. The molecule has 110 valence electrons. The van der Waals surface area contributed by atoms with Crippen LogP contribution >= 0.6 is 23.2 Å². The van der Waals surface area contributed by atoms with Gasteiger partial charge in [0.05, 0.1) is 9.95 Å². The zero-order valence-electron chi connectivity index (χ0n) is 10.9. The molecule has 0 aliphatic carbocycles. The molecule has 0 aliphatic heterocycles. The van der Waals surface area contributed by atoms with Crippen LogP contribution in [0.2, 0.25) is 10.0 Å². The van der Waals surface area contributed by atoms with E-state index in [1.54, 1.807) is 24.3 Å². The summed E-state index contributed by atoms with van der Waals surface area (Å²) in [6.07, 6.45) is 0. The summed E-state index contributed by atoms with van der Waals surface area (Å²) in [5.41, 5.74) is 6.99. The largest absolute Gasteiger partial charge is 0.487 e. The molecule has 0 saturated carbocycles. The third-order valence-corrected chi connectivity index (χ3v) is 3.31. The van der Waals surface area contributed by atoms with Crippen LogP contribution < -0.4 is 10.5 Å². The van der Waals surface area contributed by atoms with Crippen molar-refractivity contribution < 1.29 is 9.66 Å². The minimum atomic E-state index is -0.454. The molecule has 0 atom stereocenters. The lowest BCUT2D eigenvalue weighted by Crippen LogP contribution is -2.04. The van der Waals surface area contributed by atoms with Gasteiger partial charge in [0, 0.05) is 29.3 Å². The summed E-state index contributed by atoms with van der Waals surface area (Å²) in [5.74, 6) is 0.440. The van der Waals surface area contributed by atoms with Gasteiger partial charge in [0.2, 0.25) is 0 Å².